The van der Waals surface area contributed by atoms with Crippen LogP contribution in [0.1, 0.15) is 45.1 Å². The number of fused-ring (bicyclic) bond motifs is 1. The predicted molar refractivity (Wildman–Crippen MR) is 127 cm³/mol. The first-order valence-corrected chi connectivity index (χ1v) is 11.8. The van der Waals surface area contributed by atoms with Crippen LogP contribution < -0.4 is 19.7 Å². The highest BCUT2D eigenvalue weighted by molar-refractivity contribution is 5.87. The Kier molecular flexibility index (Phi) is 7.59. The van der Waals surface area contributed by atoms with Crippen LogP contribution in [0, 0.1) is 0 Å². The van der Waals surface area contributed by atoms with Gasteiger partial charge in [-0.25, -0.2) is 14.6 Å². The molecule has 1 aromatic carbocycles. The van der Waals surface area contributed by atoms with Gasteiger partial charge in [-0.05, 0) is 44.4 Å². The topological polar surface area (TPSA) is 94.4 Å². The summed E-state index contributed by atoms with van der Waals surface area (Å²) in [6.45, 7) is 7.44. The molecule has 0 bridgehead atoms. The van der Waals surface area contributed by atoms with E-state index in [-0.39, 0.29) is 12.5 Å². The van der Waals surface area contributed by atoms with Crippen molar-refractivity contribution in [1.29, 1.82) is 0 Å². The average Bonchev–Trinajstić information content (AvgIpc) is 3.04. The second-order valence-electron chi connectivity index (χ2n) is 8.06. The number of aromatic nitrogens is 4. The largest absolute Gasteiger partial charge is 0.490 e. The Bertz CT molecular complexity index is 1080. The quantitative estimate of drug-likeness (QED) is 0.532. The molecule has 1 fully saturated rings. The number of anilines is 1. The lowest BCUT2D eigenvalue weighted by molar-refractivity contribution is -0.121. The van der Waals surface area contributed by atoms with E-state index in [9.17, 15) is 4.79 Å². The van der Waals surface area contributed by atoms with Crippen molar-refractivity contribution < 1.29 is 14.3 Å². The van der Waals surface area contributed by atoms with E-state index < -0.39 is 0 Å². The van der Waals surface area contributed by atoms with Crippen molar-refractivity contribution in [3.63, 3.8) is 0 Å². The molecule has 0 spiro atoms. The Hall–Kier alpha value is -3.36. The standard InChI is InChI=1S/C24H32N6O3/c1-3-32-20-10-9-18(13-21(20)33-4-2)14-25-22(31)16-30-24-19(15-28-30)23(26-17-27-24)29-11-7-5-6-8-12-29/h9-10,13,15,17H,3-8,11-12,14,16H2,1-2H3,(H,25,31). The molecule has 3 heterocycles. The highest BCUT2D eigenvalue weighted by atomic mass is 16.5. The molecule has 0 unspecified atom stereocenters. The number of nitrogens with zero attached hydrogens (tertiary/aromatic N) is 5. The molecule has 9 heteroatoms. The number of carbonyl (C=O) groups is 1. The maximum absolute atomic E-state index is 12.7. The molecule has 0 atom stereocenters. The lowest BCUT2D eigenvalue weighted by Gasteiger charge is -2.21. The van der Waals surface area contributed by atoms with Crippen LogP contribution in [-0.4, -0.2) is 52.0 Å². The van der Waals surface area contributed by atoms with Crippen LogP contribution in [0.2, 0.25) is 0 Å². The molecule has 0 saturated carbocycles. The summed E-state index contributed by atoms with van der Waals surface area (Å²) in [5.74, 6) is 2.16. The summed E-state index contributed by atoms with van der Waals surface area (Å²) in [6.07, 6.45) is 8.17. The van der Waals surface area contributed by atoms with Crippen molar-refractivity contribution in [1.82, 2.24) is 25.1 Å². The molecule has 0 aliphatic carbocycles. The minimum atomic E-state index is -0.137. The molecule has 176 valence electrons. The van der Waals surface area contributed by atoms with Crippen molar-refractivity contribution in [2.24, 2.45) is 0 Å². The van der Waals surface area contributed by atoms with Crippen LogP contribution in [0.4, 0.5) is 5.82 Å². The van der Waals surface area contributed by atoms with Crippen molar-refractivity contribution in [3.05, 3.63) is 36.3 Å². The highest BCUT2D eigenvalue weighted by Gasteiger charge is 2.18. The molecular weight excluding hydrogens is 420 g/mol. The molecule has 9 nitrogen and oxygen atoms in total. The number of ether oxygens (including phenoxy) is 2. The number of benzene rings is 1. The normalized spacial score (nSPS) is 14.2. The summed E-state index contributed by atoms with van der Waals surface area (Å²) in [6, 6.07) is 5.70. The van der Waals surface area contributed by atoms with Crippen molar-refractivity contribution >= 4 is 22.8 Å². The van der Waals surface area contributed by atoms with Gasteiger partial charge in [-0.1, -0.05) is 18.9 Å². The zero-order valence-corrected chi connectivity index (χ0v) is 19.4. The number of hydrogen-bond donors (Lipinski definition) is 1. The fraction of sp³-hybridized carbons (Fsp3) is 0.500. The molecular formula is C24H32N6O3. The Balaban J connectivity index is 1.42. The molecule has 4 rings (SSSR count). The zero-order chi connectivity index (χ0) is 23.0. The first-order chi connectivity index (χ1) is 16.2. The molecule has 2 aromatic heterocycles. The van der Waals surface area contributed by atoms with Gasteiger partial charge in [0.1, 0.15) is 18.7 Å². The van der Waals surface area contributed by atoms with Gasteiger partial charge < -0.3 is 19.7 Å². The predicted octanol–water partition coefficient (Wildman–Crippen LogP) is 3.32. The fourth-order valence-electron chi connectivity index (χ4n) is 4.13. The van der Waals surface area contributed by atoms with Crippen LogP contribution >= 0.6 is 0 Å². The summed E-state index contributed by atoms with van der Waals surface area (Å²) >= 11 is 0. The summed E-state index contributed by atoms with van der Waals surface area (Å²) in [5, 5.41) is 8.28. The van der Waals surface area contributed by atoms with E-state index in [0.717, 1.165) is 29.9 Å². The van der Waals surface area contributed by atoms with Crippen molar-refractivity contribution in [3.8, 4) is 11.5 Å². The Morgan fingerprint density at radius 2 is 1.79 bits per heavy atom. The number of amides is 1. The van der Waals surface area contributed by atoms with E-state index in [1.165, 1.54) is 25.7 Å². The van der Waals surface area contributed by atoms with E-state index in [1.807, 2.05) is 32.0 Å². The summed E-state index contributed by atoms with van der Waals surface area (Å²) in [5.41, 5.74) is 1.62. The molecule has 3 aromatic rings. The van der Waals surface area contributed by atoms with E-state index in [4.69, 9.17) is 9.47 Å². The van der Waals surface area contributed by atoms with Gasteiger partial charge >= 0.3 is 0 Å². The Labute approximate surface area is 194 Å². The summed E-state index contributed by atoms with van der Waals surface area (Å²) < 4.78 is 12.9. The van der Waals surface area contributed by atoms with Crippen molar-refractivity contribution in [2.75, 3.05) is 31.2 Å². The van der Waals surface area contributed by atoms with E-state index >= 15 is 0 Å². The van der Waals surface area contributed by atoms with Crippen LogP contribution in [0.15, 0.2) is 30.7 Å². The number of nitrogens with one attached hydrogen (secondary N) is 1. The van der Waals surface area contributed by atoms with Gasteiger partial charge in [-0.15, -0.1) is 0 Å². The molecule has 33 heavy (non-hydrogen) atoms. The van der Waals surface area contributed by atoms with Crippen LogP contribution in [0.3, 0.4) is 0 Å². The molecule has 1 aliphatic rings. The summed E-state index contributed by atoms with van der Waals surface area (Å²) in [7, 11) is 0. The third-order valence-corrected chi connectivity index (χ3v) is 5.71. The Morgan fingerprint density at radius 3 is 2.55 bits per heavy atom. The van der Waals surface area contributed by atoms with Crippen molar-refractivity contribution in [2.45, 2.75) is 52.6 Å². The highest BCUT2D eigenvalue weighted by Crippen LogP contribution is 2.28. The first-order valence-electron chi connectivity index (χ1n) is 11.8. The maximum atomic E-state index is 12.7. The summed E-state index contributed by atoms with van der Waals surface area (Å²) in [4.78, 5) is 23.9. The van der Waals surface area contributed by atoms with Crippen LogP contribution in [-0.2, 0) is 17.9 Å². The van der Waals surface area contributed by atoms with Gasteiger partial charge in [-0.2, -0.15) is 5.10 Å². The lowest BCUT2D eigenvalue weighted by atomic mass is 10.2. The van der Waals surface area contributed by atoms with E-state index in [0.29, 0.717) is 36.9 Å². The Morgan fingerprint density at radius 1 is 1.03 bits per heavy atom. The first kappa shape index (κ1) is 22.8. The van der Waals surface area contributed by atoms with Gasteiger partial charge in [-0.3, -0.25) is 4.79 Å². The SMILES string of the molecule is CCOc1ccc(CNC(=O)Cn2ncc3c(N4CCCCCC4)ncnc32)cc1OCC. The molecule has 1 aliphatic heterocycles. The van der Waals surface area contributed by atoms with Gasteiger partial charge in [0.25, 0.3) is 0 Å². The molecule has 1 N–H and O–H groups in total. The van der Waals surface area contributed by atoms with Gasteiger partial charge in [0.05, 0.1) is 24.8 Å². The second kappa shape index (κ2) is 11.0. The minimum absolute atomic E-state index is 0.0926. The molecule has 1 saturated heterocycles. The lowest BCUT2D eigenvalue weighted by Crippen LogP contribution is -2.28. The van der Waals surface area contributed by atoms with Crippen LogP contribution in [0.5, 0.6) is 11.5 Å². The van der Waals surface area contributed by atoms with Gasteiger partial charge in [0, 0.05) is 19.6 Å². The van der Waals surface area contributed by atoms with E-state index in [1.54, 1.807) is 17.2 Å². The zero-order valence-electron chi connectivity index (χ0n) is 19.4. The number of carbonyl (C=O) groups excluding carboxylic acids is 1. The van der Waals surface area contributed by atoms with Gasteiger partial charge in [0.2, 0.25) is 5.91 Å². The number of hydrogen-bond acceptors (Lipinski definition) is 7. The van der Waals surface area contributed by atoms with Gasteiger partial charge in [0.15, 0.2) is 17.1 Å². The average molecular weight is 453 g/mol. The monoisotopic (exact) mass is 452 g/mol. The maximum Gasteiger partial charge on any atom is 0.242 e. The number of rotatable bonds is 9. The minimum Gasteiger partial charge on any atom is -0.490 e. The van der Waals surface area contributed by atoms with E-state index in [2.05, 4.69) is 25.3 Å². The second-order valence-corrected chi connectivity index (χ2v) is 8.06. The molecule has 0 radical (unpaired) electrons. The molecule has 1 amide bonds. The third kappa shape index (κ3) is 5.53. The smallest absolute Gasteiger partial charge is 0.242 e. The third-order valence-electron chi connectivity index (χ3n) is 5.71. The fourth-order valence-corrected chi connectivity index (χ4v) is 4.13. The van der Waals surface area contributed by atoms with Crippen LogP contribution in [0.25, 0.3) is 11.0 Å².